The first-order chi connectivity index (χ1) is 14.8. The number of nitrogens with zero attached hydrogens (tertiary/aromatic N) is 1. The Morgan fingerprint density at radius 1 is 0.968 bits per heavy atom. The molecular formula is C22H27N3O5S. The highest BCUT2D eigenvalue weighted by Gasteiger charge is 2.24. The number of rotatable bonds is 6. The van der Waals surface area contributed by atoms with Crippen molar-refractivity contribution in [1.29, 1.82) is 0 Å². The minimum atomic E-state index is -3.97. The molecule has 0 aromatic heterocycles. The van der Waals surface area contributed by atoms with Gasteiger partial charge >= 0.3 is 0 Å². The van der Waals surface area contributed by atoms with Crippen LogP contribution in [-0.2, 0) is 14.8 Å². The van der Waals surface area contributed by atoms with Crippen LogP contribution in [0.4, 0.5) is 11.4 Å². The molecule has 0 aliphatic carbocycles. The van der Waals surface area contributed by atoms with E-state index in [1.54, 1.807) is 23.1 Å². The molecular weight excluding hydrogens is 418 g/mol. The highest BCUT2D eigenvalue weighted by molar-refractivity contribution is 7.92. The van der Waals surface area contributed by atoms with Gasteiger partial charge in [-0.2, -0.15) is 0 Å². The summed E-state index contributed by atoms with van der Waals surface area (Å²) in [6.45, 7) is 2.66. The van der Waals surface area contributed by atoms with Crippen LogP contribution in [0.15, 0.2) is 47.4 Å². The third kappa shape index (κ3) is 5.75. The summed E-state index contributed by atoms with van der Waals surface area (Å²) in [7, 11) is -2.51. The van der Waals surface area contributed by atoms with Gasteiger partial charge in [0.1, 0.15) is 5.75 Å². The molecule has 0 spiro atoms. The Balaban J connectivity index is 1.88. The lowest BCUT2D eigenvalue weighted by molar-refractivity contribution is -0.114. The second-order valence-electron chi connectivity index (χ2n) is 7.44. The zero-order valence-corrected chi connectivity index (χ0v) is 18.5. The Kier molecular flexibility index (Phi) is 7.17. The Morgan fingerprint density at radius 3 is 2.29 bits per heavy atom. The number of hydrogen-bond donors (Lipinski definition) is 2. The van der Waals surface area contributed by atoms with Crippen molar-refractivity contribution in [2.45, 2.75) is 37.5 Å². The van der Waals surface area contributed by atoms with Gasteiger partial charge in [-0.1, -0.05) is 18.9 Å². The van der Waals surface area contributed by atoms with Crippen molar-refractivity contribution in [1.82, 2.24) is 4.90 Å². The number of likely N-dealkylation sites (tertiary alicyclic amines) is 1. The van der Waals surface area contributed by atoms with Gasteiger partial charge in [-0.15, -0.1) is 0 Å². The number of sulfonamides is 1. The summed E-state index contributed by atoms with van der Waals surface area (Å²) in [6.07, 6.45) is 4.02. The minimum Gasteiger partial charge on any atom is -0.496 e. The molecule has 166 valence electrons. The summed E-state index contributed by atoms with van der Waals surface area (Å²) >= 11 is 0. The molecule has 8 nitrogen and oxygen atoms in total. The highest BCUT2D eigenvalue weighted by atomic mass is 32.2. The number of benzene rings is 2. The lowest BCUT2D eigenvalue weighted by Crippen LogP contribution is -2.32. The molecule has 31 heavy (non-hydrogen) atoms. The molecule has 1 aliphatic rings. The van der Waals surface area contributed by atoms with Gasteiger partial charge in [0.2, 0.25) is 5.91 Å². The average molecular weight is 446 g/mol. The summed E-state index contributed by atoms with van der Waals surface area (Å²) < 4.78 is 33.8. The molecule has 9 heteroatoms. The highest BCUT2D eigenvalue weighted by Crippen LogP contribution is 2.27. The van der Waals surface area contributed by atoms with E-state index in [1.807, 2.05) is 0 Å². The van der Waals surface area contributed by atoms with Crippen molar-refractivity contribution in [3.8, 4) is 5.75 Å². The maximum atomic E-state index is 13.1. The van der Waals surface area contributed by atoms with E-state index < -0.39 is 10.0 Å². The van der Waals surface area contributed by atoms with E-state index in [1.165, 1.54) is 38.3 Å². The van der Waals surface area contributed by atoms with Crippen LogP contribution in [-0.4, -0.2) is 45.3 Å². The second kappa shape index (κ2) is 9.82. The van der Waals surface area contributed by atoms with E-state index >= 15 is 0 Å². The fraction of sp³-hybridized carbons (Fsp3) is 0.364. The van der Waals surface area contributed by atoms with Crippen molar-refractivity contribution < 1.29 is 22.7 Å². The molecule has 2 aromatic rings. The standard InChI is InChI=1S/C22H27N3O5S/c1-16(26)23-17-8-7-9-18(14-17)24-31(28,29)19-10-11-21(30-2)20(15-19)22(27)25-12-5-3-4-6-13-25/h7-11,14-15,24H,3-6,12-13H2,1-2H3,(H,23,26). The van der Waals surface area contributed by atoms with Crippen molar-refractivity contribution in [3.63, 3.8) is 0 Å². The van der Waals surface area contributed by atoms with Crippen LogP contribution in [0, 0.1) is 0 Å². The molecule has 1 saturated heterocycles. The quantitative estimate of drug-likeness (QED) is 0.708. The largest absolute Gasteiger partial charge is 0.496 e. The molecule has 0 saturated carbocycles. The van der Waals surface area contributed by atoms with Gasteiger partial charge in [-0.25, -0.2) is 8.42 Å². The van der Waals surface area contributed by atoms with Gasteiger partial charge in [0.25, 0.3) is 15.9 Å². The first-order valence-electron chi connectivity index (χ1n) is 10.2. The molecule has 0 unspecified atom stereocenters. The van der Waals surface area contributed by atoms with E-state index in [9.17, 15) is 18.0 Å². The normalized spacial score (nSPS) is 14.5. The number of anilines is 2. The number of methoxy groups -OCH3 is 1. The van der Waals surface area contributed by atoms with Crippen LogP contribution in [0.3, 0.4) is 0 Å². The van der Waals surface area contributed by atoms with E-state index in [4.69, 9.17) is 4.74 Å². The van der Waals surface area contributed by atoms with Crippen molar-refractivity contribution >= 4 is 33.2 Å². The summed E-state index contributed by atoms with van der Waals surface area (Å²) in [5.74, 6) is -0.156. The van der Waals surface area contributed by atoms with Crippen LogP contribution in [0.5, 0.6) is 5.75 Å². The zero-order chi connectivity index (χ0) is 22.4. The maximum absolute atomic E-state index is 13.1. The summed E-state index contributed by atoms with van der Waals surface area (Å²) in [4.78, 5) is 26.1. The first-order valence-corrected chi connectivity index (χ1v) is 11.7. The predicted molar refractivity (Wildman–Crippen MR) is 119 cm³/mol. The Bertz CT molecular complexity index is 1060. The van der Waals surface area contributed by atoms with Gasteiger partial charge in [-0.05, 0) is 49.2 Å². The fourth-order valence-electron chi connectivity index (χ4n) is 3.54. The smallest absolute Gasteiger partial charge is 0.261 e. The van der Waals surface area contributed by atoms with Gasteiger partial charge in [0, 0.05) is 25.7 Å². The predicted octanol–water partition coefficient (Wildman–Crippen LogP) is 3.47. The SMILES string of the molecule is COc1ccc(S(=O)(=O)Nc2cccc(NC(C)=O)c2)cc1C(=O)N1CCCCCC1. The molecule has 1 heterocycles. The van der Waals surface area contributed by atoms with Crippen molar-refractivity contribution in [2.75, 3.05) is 30.2 Å². The van der Waals surface area contributed by atoms with E-state index in [-0.39, 0.29) is 22.3 Å². The topological polar surface area (TPSA) is 105 Å². The Morgan fingerprint density at radius 2 is 1.65 bits per heavy atom. The van der Waals surface area contributed by atoms with Crippen molar-refractivity contribution in [2.24, 2.45) is 0 Å². The molecule has 1 fully saturated rings. The number of carbonyl (C=O) groups is 2. The third-order valence-electron chi connectivity index (χ3n) is 5.04. The number of amides is 2. The van der Waals surface area contributed by atoms with Crippen molar-refractivity contribution in [3.05, 3.63) is 48.0 Å². The average Bonchev–Trinajstić information content (AvgIpc) is 3.02. The summed E-state index contributed by atoms with van der Waals surface area (Å²) in [5, 5.41) is 2.61. The van der Waals surface area contributed by atoms with E-state index in [2.05, 4.69) is 10.0 Å². The molecule has 0 radical (unpaired) electrons. The monoisotopic (exact) mass is 445 g/mol. The van der Waals surface area contributed by atoms with Crippen LogP contribution < -0.4 is 14.8 Å². The van der Waals surface area contributed by atoms with Gasteiger partial charge < -0.3 is 15.0 Å². The lowest BCUT2D eigenvalue weighted by Gasteiger charge is -2.22. The fourth-order valence-corrected chi connectivity index (χ4v) is 4.62. The number of nitrogens with one attached hydrogen (secondary N) is 2. The van der Waals surface area contributed by atoms with Crippen LogP contribution in [0.1, 0.15) is 43.0 Å². The maximum Gasteiger partial charge on any atom is 0.261 e. The second-order valence-corrected chi connectivity index (χ2v) is 9.12. The lowest BCUT2D eigenvalue weighted by atomic mass is 10.1. The van der Waals surface area contributed by atoms with Crippen LogP contribution in [0.25, 0.3) is 0 Å². The molecule has 0 bridgehead atoms. The van der Waals surface area contributed by atoms with Crippen LogP contribution >= 0.6 is 0 Å². The summed E-state index contributed by atoms with van der Waals surface area (Å²) in [5.41, 5.74) is 0.987. The molecule has 3 rings (SSSR count). The van der Waals surface area contributed by atoms with Gasteiger partial charge in [0.05, 0.1) is 23.3 Å². The molecule has 1 aliphatic heterocycles. The van der Waals surface area contributed by atoms with Crippen LogP contribution in [0.2, 0.25) is 0 Å². The van der Waals surface area contributed by atoms with Gasteiger partial charge in [-0.3, -0.25) is 14.3 Å². The van der Waals surface area contributed by atoms with Gasteiger partial charge in [0.15, 0.2) is 0 Å². The van der Waals surface area contributed by atoms with E-state index in [0.29, 0.717) is 30.2 Å². The third-order valence-corrected chi connectivity index (χ3v) is 6.42. The number of ether oxygens (including phenoxy) is 1. The Hall–Kier alpha value is -3.07. The molecule has 2 aromatic carbocycles. The summed E-state index contributed by atoms with van der Waals surface area (Å²) in [6, 6.07) is 10.6. The van der Waals surface area contributed by atoms with E-state index in [0.717, 1.165) is 25.7 Å². The number of carbonyl (C=O) groups excluding carboxylic acids is 2. The first kappa shape index (κ1) is 22.6. The molecule has 2 N–H and O–H groups in total. The minimum absolute atomic E-state index is 0.0450. The Labute approximate surface area is 182 Å². The number of hydrogen-bond acceptors (Lipinski definition) is 5. The molecule has 0 atom stereocenters. The zero-order valence-electron chi connectivity index (χ0n) is 17.7. The molecule has 2 amide bonds.